The molecule has 0 bridgehead atoms. The van der Waals surface area contributed by atoms with Crippen LogP contribution in [0, 0.1) is 0 Å². The SMILES string of the molecule is CCOC(=O)C[C@@H]1CCCc2cc(O)ccc21. The second-order valence-corrected chi connectivity index (χ2v) is 4.48. The molecule has 92 valence electrons. The van der Waals surface area contributed by atoms with Gasteiger partial charge in [0.15, 0.2) is 0 Å². The summed E-state index contributed by atoms with van der Waals surface area (Å²) in [5, 5.41) is 9.45. The van der Waals surface area contributed by atoms with Crippen LogP contribution in [-0.4, -0.2) is 17.7 Å². The molecule has 0 saturated heterocycles. The average Bonchev–Trinajstić information content (AvgIpc) is 2.29. The van der Waals surface area contributed by atoms with Crippen LogP contribution in [-0.2, 0) is 16.0 Å². The Morgan fingerprint density at radius 2 is 2.35 bits per heavy atom. The largest absolute Gasteiger partial charge is 0.508 e. The summed E-state index contributed by atoms with van der Waals surface area (Å²) >= 11 is 0. The number of fused-ring (bicyclic) bond motifs is 1. The fourth-order valence-electron chi connectivity index (χ4n) is 2.53. The van der Waals surface area contributed by atoms with Gasteiger partial charge in [-0.15, -0.1) is 0 Å². The molecule has 0 spiro atoms. The summed E-state index contributed by atoms with van der Waals surface area (Å²) in [6.07, 6.45) is 3.53. The van der Waals surface area contributed by atoms with E-state index < -0.39 is 0 Å². The van der Waals surface area contributed by atoms with Gasteiger partial charge in [-0.25, -0.2) is 0 Å². The van der Waals surface area contributed by atoms with Gasteiger partial charge in [0.2, 0.25) is 0 Å². The van der Waals surface area contributed by atoms with Crippen LogP contribution in [0.5, 0.6) is 5.75 Å². The number of benzene rings is 1. The molecular weight excluding hydrogens is 216 g/mol. The molecule has 1 aromatic carbocycles. The monoisotopic (exact) mass is 234 g/mol. The van der Waals surface area contributed by atoms with E-state index in [1.165, 1.54) is 11.1 Å². The molecular formula is C14H18O3. The van der Waals surface area contributed by atoms with E-state index in [9.17, 15) is 9.90 Å². The number of carbonyl (C=O) groups is 1. The second-order valence-electron chi connectivity index (χ2n) is 4.48. The van der Waals surface area contributed by atoms with Gasteiger partial charge in [0.1, 0.15) is 5.75 Å². The van der Waals surface area contributed by atoms with Gasteiger partial charge in [-0.1, -0.05) is 6.07 Å². The van der Waals surface area contributed by atoms with Crippen LogP contribution in [0.4, 0.5) is 0 Å². The highest BCUT2D eigenvalue weighted by Gasteiger charge is 2.23. The Labute approximate surface area is 101 Å². The van der Waals surface area contributed by atoms with Crippen LogP contribution >= 0.6 is 0 Å². The predicted molar refractivity (Wildman–Crippen MR) is 65.0 cm³/mol. The summed E-state index contributed by atoms with van der Waals surface area (Å²) in [6, 6.07) is 5.45. The normalized spacial score (nSPS) is 18.5. The molecule has 0 aromatic heterocycles. The molecule has 17 heavy (non-hydrogen) atoms. The molecule has 1 aliphatic carbocycles. The van der Waals surface area contributed by atoms with Gasteiger partial charge in [0.05, 0.1) is 13.0 Å². The summed E-state index contributed by atoms with van der Waals surface area (Å²) in [5.41, 5.74) is 2.37. The molecule has 2 rings (SSSR count). The number of aryl methyl sites for hydroxylation is 1. The Kier molecular flexibility index (Phi) is 3.67. The molecule has 1 N–H and O–H groups in total. The lowest BCUT2D eigenvalue weighted by molar-refractivity contribution is -0.143. The Balaban J connectivity index is 2.14. The highest BCUT2D eigenvalue weighted by atomic mass is 16.5. The number of ether oxygens (including phenoxy) is 1. The van der Waals surface area contributed by atoms with Crippen LogP contribution in [0.1, 0.15) is 43.2 Å². The molecule has 0 amide bonds. The summed E-state index contributed by atoms with van der Waals surface area (Å²) in [5.74, 6) is 0.428. The Morgan fingerprint density at radius 3 is 3.12 bits per heavy atom. The number of hydrogen-bond donors (Lipinski definition) is 1. The first kappa shape index (κ1) is 12.0. The molecule has 1 aliphatic rings. The molecule has 0 fully saturated rings. The van der Waals surface area contributed by atoms with Crippen LogP contribution in [0.25, 0.3) is 0 Å². The first-order valence-corrected chi connectivity index (χ1v) is 6.18. The van der Waals surface area contributed by atoms with Crippen molar-refractivity contribution in [2.75, 3.05) is 6.61 Å². The van der Waals surface area contributed by atoms with E-state index in [-0.39, 0.29) is 11.9 Å². The second kappa shape index (κ2) is 5.21. The maximum atomic E-state index is 11.5. The third-order valence-corrected chi connectivity index (χ3v) is 3.28. The van der Waals surface area contributed by atoms with Gasteiger partial charge in [0.25, 0.3) is 0 Å². The zero-order chi connectivity index (χ0) is 12.3. The highest BCUT2D eigenvalue weighted by Crippen LogP contribution is 2.35. The molecule has 3 heteroatoms. The van der Waals surface area contributed by atoms with Gasteiger partial charge in [0, 0.05) is 0 Å². The van der Waals surface area contributed by atoms with Gasteiger partial charge >= 0.3 is 5.97 Å². The third kappa shape index (κ3) is 2.78. The molecule has 1 aromatic rings. The van der Waals surface area contributed by atoms with Crippen molar-refractivity contribution in [3.8, 4) is 5.75 Å². The first-order valence-electron chi connectivity index (χ1n) is 6.18. The summed E-state index contributed by atoms with van der Waals surface area (Å²) in [7, 11) is 0. The highest BCUT2D eigenvalue weighted by molar-refractivity contribution is 5.70. The van der Waals surface area contributed by atoms with Crippen molar-refractivity contribution in [3.63, 3.8) is 0 Å². The lowest BCUT2D eigenvalue weighted by atomic mass is 9.81. The third-order valence-electron chi connectivity index (χ3n) is 3.28. The van der Waals surface area contributed by atoms with Crippen LogP contribution < -0.4 is 0 Å². The molecule has 0 unspecified atom stereocenters. The lowest BCUT2D eigenvalue weighted by Gasteiger charge is -2.24. The Morgan fingerprint density at radius 1 is 1.53 bits per heavy atom. The Bertz CT molecular complexity index is 412. The average molecular weight is 234 g/mol. The van der Waals surface area contributed by atoms with Crippen molar-refractivity contribution in [3.05, 3.63) is 29.3 Å². The van der Waals surface area contributed by atoms with E-state index in [0.29, 0.717) is 18.8 Å². The minimum Gasteiger partial charge on any atom is -0.508 e. The molecule has 0 heterocycles. The van der Waals surface area contributed by atoms with Gasteiger partial charge in [-0.2, -0.15) is 0 Å². The van der Waals surface area contributed by atoms with Gasteiger partial charge in [-0.3, -0.25) is 4.79 Å². The molecule has 0 aliphatic heterocycles. The van der Waals surface area contributed by atoms with Gasteiger partial charge in [-0.05, 0) is 55.4 Å². The minimum atomic E-state index is -0.126. The molecule has 1 atom stereocenters. The Hall–Kier alpha value is -1.51. The van der Waals surface area contributed by atoms with Crippen molar-refractivity contribution in [1.29, 1.82) is 0 Å². The molecule has 3 nitrogen and oxygen atoms in total. The van der Waals surface area contributed by atoms with E-state index in [2.05, 4.69) is 0 Å². The van der Waals surface area contributed by atoms with E-state index >= 15 is 0 Å². The lowest BCUT2D eigenvalue weighted by Crippen LogP contribution is -2.15. The van der Waals surface area contributed by atoms with Crippen LogP contribution in [0.3, 0.4) is 0 Å². The minimum absolute atomic E-state index is 0.126. The van der Waals surface area contributed by atoms with Crippen molar-refractivity contribution >= 4 is 5.97 Å². The van der Waals surface area contributed by atoms with Crippen LogP contribution in [0.2, 0.25) is 0 Å². The smallest absolute Gasteiger partial charge is 0.306 e. The molecule has 0 radical (unpaired) electrons. The number of carbonyl (C=O) groups excluding carboxylic acids is 1. The number of hydrogen-bond acceptors (Lipinski definition) is 3. The fraction of sp³-hybridized carbons (Fsp3) is 0.500. The topological polar surface area (TPSA) is 46.5 Å². The quantitative estimate of drug-likeness (QED) is 0.818. The van der Waals surface area contributed by atoms with Crippen molar-refractivity contribution < 1.29 is 14.6 Å². The predicted octanol–water partition coefficient (Wildman–Crippen LogP) is 2.77. The van der Waals surface area contributed by atoms with E-state index in [1.807, 2.05) is 19.1 Å². The van der Waals surface area contributed by atoms with Crippen molar-refractivity contribution in [2.45, 2.75) is 38.5 Å². The maximum absolute atomic E-state index is 11.5. The van der Waals surface area contributed by atoms with E-state index in [0.717, 1.165) is 19.3 Å². The standard InChI is InChI=1S/C14H18O3/c1-2-17-14(16)9-11-5-3-4-10-8-12(15)6-7-13(10)11/h6-8,11,15H,2-5,9H2,1H3/t11-/m0/s1. The zero-order valence-electron chi connectivity index (χ0n) is 10.1. The summed E-state index contributed by atoms with van der Waals surface area (Å²) < 4.78 is 5.00. The van der Waals surface area contributed by atoms with Crippen LogP contribution in [0.15, 0.2) is 18.2 Å². The molecule has 0 saturated carbocycles. The number of aromatic hydroxyl groups is 1. The summed E-state index contributed by atoms with van der Waals surface area (Å²) in [4.78, 5) is 11.5. The summed E-state index contributed by atoms with van der Waals surface area (Å²) in [6.45, 7) is 2.26. The van der Waals surface area contributed by atoms with Gasteiger partial charge < -0.3 is 9.84 Å². The maximum Gasteiger partial charge on any atom is 0.306 e. The van der Waals surface area contributed by atoms with E-state index in [4.69, 9.17) is 4.74 Å². The van der Waals surface area contributed by atoms with Crippen molar-refractivity contribution in [1.82, 2.24) is 0 Å². The number of phenolic OH excluding ortho intramolecular Hbond substituents is 1. The number of esters is 1. The first-order chi connectivity index (χ1) is 8.20. The number of phenols is 1. The number of rotatable bonds is 3. The fourth-order valence-corrected chi connectivity index (χ4v) is 2.53. The zero-order valence-corrected chi connectivity index (χ0v) is 10.1. The van der Waals surface area contributed by atoms with E-state index in [1.54, 1.807) is 6.07 Å². The van der Waals surface area contributed by atoms with Crippen molar-refractivity contribution in [2.24, 2.45) is 0 Å².